The third-order valence-electron chi connectivity index (χ3n) is 7.57. The van der Waals surface area contributed by atoms with Gasteiger partial charge in [0.2, 0.25) is 0 Å². The van der Waals surface area contributed by atoms with Crippen molar-refractivity contribution in [2.24, 2.45) is 23.7 Å². The number of hydrogen-bond donors (Lipinski definition) is 1. The lowest BCUT2D eigenvalue weighted by Crippen LogP contribution is -2.30. The van der Waals surface area contributed by atoms with Crippen molar-refractivity contribution in [1.29, 1.82) is 0 Å². The van der Waals surface area contributed by atoms with Gasteiger partial charge >= 0.3 is 0 Å². The second-order valence-corrected chi connectivity index (χ2v) is 14.4. The van der Waals surface area contributed by atoms with E-state index in [1.54, 1.807) is 14.2 Å². The van der Waals surface area contributed by atoms with Gasteiger partial charge in [0, 0.05) is 39.8 Å². The van der Waals surface area contributed by atoms with Crippen molar-refractivity contribution < 1.29 is 45.7 Å². The van der Waals surface area contributed by atoms with Crippen LogP contribution in [0.25, 0.3) is 0 Å². The molecule has 9 nitrogen and oxygen atoms in total. The first kappa shape index (κ1) is 43.9. The summed E-state index contributed by atoms with van der Waals surface area (Å²) in [5.74, 6) is 0.127. The number of aliphatic hydroxyl groups excluding tert-OH is 1. The molecule has 0 aromatic carbocycles. The molecule has 0 saturated carbocycles. The second-order valence-electron chi connectivity index (χ2n) is 13.3. The Kier molecular flexibility index (Phi) is 23.0. The van der Waals surface area contributed by atoms with Crippen molar-refractivity contribution in [2.75, 3.05) is 38.8 Å². The van der Waals surface area contributed by atoms with Gasteiger partial charge in [-0.2, -0.15) is 0 Å². The molecule has 0 spiro atoms. The van der Waals surface area contributed by atoms with Gasteiger partial charge in [-0.25, -0.2) is 0 Å². The maximum Gasteiger partial charge on any atom is 0.163 e. The van der Waals surface area contributed by atoms with Crippen molar-refractivity contribution in [2.45, 2.75) is 145 Å². The van der Waals surface area contributed by atoms with E-state index < -0.39 is 11.6 Å². The van der Waals surface area contributed by atoms with E-state index in [1.165, 1.54) is 14.8 Å². The van der Waals surface area contributed by atoms with E-state index >= 15 is 0 Å². The Morgan fingerprint density at radius 1 is 0.696 bits per heavy atom. The summed E-state index contributed by atoms with van der Waals surface area (Å²) in [5, 5.41) is 9.20. The van der Waals surface area contributed by atoms with Crippen LogP contribution in [0.15, 0.2) is 24.3 Å². The van der Waals surface area contributed by atoms with Crippen molar-refractivity contribution in [3.8, 4) is 0 Å². The van der Waals surface area contributed by atoms with Crippen molar-refractivity contribution in [1.82, 2.24) is 0 Å². The Morgan fingerprint density at radius 3 is 1.37 bits per heavy atom. The highest BCUT2D eigenvalue weighted by Gasteiger charge is 2.43. The number of hydrogen-bond acceptors (Lipinski definition) is 9. The minimum absolute atomic E-state index is 0.00836. The largest absolute Gasteiger partial charge is 0.396 e. The second kappa shape index (κ2) is 24.1. The number of ether oxygens (including phenoxy) is 8. The molecule has 2 aliphatic heterocycles. The molecule has 0 aromatic rings. The van der Waals surface area contributed by atoms with Crippen LogP contribution in [-0.2, 0) is 37.9 Å². The monoisotopic (exact) mass is 778 g/mol. The molecule has 10 heteroatoms. The van der Waals surface area contributed by atoms with Crippen molar-refractivity contribution in [3.63, 3.8) is 0 Å². The molecule has 0 radical (unpaired) electrons. The summed E-state index contributed by atoms with van der Waals surface area (Å²) >= 11 is 2.39. The molecule has 0 aliphatic carbocycles. The molecule has 2 aliphatic rings. The highest BCUT2D eigenvalue weighted by Crippen LogP contribution is 2.35. The molecule has 2 fully saturated rings. The smallest absolute Gasteiger partial charge is 0.163 e. The molecular weight excluding hydrogens is 703 g/mol. The normalized spacial score (nSPS) is 26.7. The van der Waals surface area contributed by atoms with Gasteiger partial charge in [0.25, 0.3) is 0 Å². The van der Waals surface area contributed by atoms with Crippen LogP contribution < -0.4 is 0 Å². The van der Waals surface area contributed by atoms with E-state index in [2.05, 4.69) is 88.4 Å². The first-order chi connectivity index (χ1) is 22.6. The fourth-order valence-electron chi connectivity index (χ4n) is 5.32. The first-order valence-electron chi connectivity index (χ1n) is 18.1. The summed E-state index contributed by atoms with van der Waals surface area (Å²) < 4.78 is 57.9. The van der Waals surface area contributed by atoms with E-state index in [9.17, 15) is 5.11 Å². The van der Waals surface area contributed by atoms with E-state index in [1.807, 2.05) is 27.7 Å². The molecule has 0 amide bonds. The average molecular weight is 779 g/mol. The van der Waals surface area contributed by atoms with Crippen LogP contribution in [-0.4, -0.2) is 92.1 Å². The van der Waals surface area contributed by atoms with Crippen LogP contribution in [0.5, 0.6) is 0 Å². The third-order valence-corrected chi connectivity index (χ3v) is 8.19. The first-order valence-corrected chi connectivity index (χ1v) is 17.6. The van der Waals surface area contributed by atoms with Gasteiger partial charge in [-0.15, -0.1) is 0 Å². The maximum atomic E-state index is 9.20. The minimum Gasteiger partial charge on any atom is -0.396 e. The summed E-state index contributed by atoms with van der Waals surface area (Å²) in [4.78, 5) is 0. The van der Waals surface area contributed by atoms with Crippen LogP contribution in [0.2, 0.25) is 0 Å². The maximum absolute atomic E-state index is 9.20. The van der Waals surface area contributed by atoms with E-state index in [0.717, 1.165) is 10.8 Å². The van der Waals surface area contributed by atoms with Gasteiger partial charge in [0.1, 0.15) is 13.6 Å². The quantitative estimate of drug-likeness (QED) is 0.0641. The predicted octanol–water partition coefficient (Wildman–Crippen LogP) is 8.17. The molecule has 1 N–H and O–H groups in total. The van der Waals surface area contributed by atoms with Gasteiger partial charge in [0.05, 0.1) is 36.6 Å². The minimum atomic E-state index is -0.601. The van der Waals surface area contributed by atoms with Crippen LogP contribution in [0.4, 0.5) is 0 Å². The summed E-state index contributed by atoms with van der Waals surface area (Å²) in [5.41, 5.74) is 0. The molecular formula is C36H71IO9. The van der Waals surface area contributed by atoms with Crippen LogP contribution in [0, 0.1) is 23.7 Å². The van der Waals surface area contributed by atoms with Crippen LogP contribution in [0.3, 0.4) is 0 Å². The number of alkyl halides is 1. The Bertz CT molecular complexity index is 763. The van der Waals surface area contributed by atoms with Crippen molar-refractivity contribution in [3.05, 3.63) is 24.3 Å². The molecule has 8 atom stereocenters. The Labute approximate surface area is 299 Å². The summed E-state index contributed by atoms with van der Waals surface area (Å²) in [7, 11) is 5.76. The molecule has 2 heterocycles. The van der Waals surface area contributed by atoms with E-state index in [-0.39, 0.29) is 61.9 Å². The fraction of sp³-hybridized carbons (Fsp3) is 0.889. The number of methoxy groups -OCH3 is 2. The molecule has 2 saturated heterocycles. The lowest BCUT2D eigenvalue weighted by atomic mass is 9.96. The summed E-state index contributed by atoms with van der Waals surface area (Å²) in [6.45, 7) is 21.3. The lowest BCUT2D eigenvalue weighted by molar-refractivity contribution is -0.149. The highest BCUT2D eigenvalue weighted by molar-refractivity contribution is 14.1. The van der Waals surface area contributed by atoms with Crippen LogP contribution >= 0.6 is 22.6 Å². The molecule has 2 rings (SSSR count). The topological polar surface area (TPSA) is 94.1 Å². The Hall–Kier alpha value is -0.150. The molecule has 2 unspecified atom stereocenters. The SMILES string of the molecule is COCO[C@H](/C=C\C(C)[C@H]1OC(C)(C)O[C@H]1CCI)C(C)C.COCO[C@H](/C=C\C(C)[C@H]1OC(C)(C)O[C@H]1CCO)C(C)C.[3H]C.[3H]C. The summed E-state index contributed by atoms with van der Waals surface area (Å²) in [6.07, 6.45) is 10.3. The van der Waals surface area contributed by atoms with Gasteiger partial charge < -0.3 is 43.0 Å². The number of aliphatic hydroxyl groups is 1. The predicted molar refractivity (Wildman–Crippen MR) is 196 cm³/mol. The van der Waals surface area contributed by atoms with Crippen molar-refractivity contribution >= 4 is 22.6 Å². The summed E-state index contributed by atoms with van der Waals surface area (Å²) in [6, 6.07) is 0. The average Bonchev–Trinajstić information content (AvgIpc) is 3.52. The Morgan fingerprint density at radius 2 is 1.07 bits per heavy atom. The van der Waals surface area contributed by atoms with Gasteiger partial charge in [0.15, 0.2) is 11.6 Å². The zero-order valence-corrected chi connectivity index (χ0v) is 33.6. The molecule has 0 aromatic heterocycles. The van der Waals surface area contributed by atoms with Gasteiger partial charge in [-0.05, 0) is 52.4 Å². The molecule has 0 bridgehead atoms. The zero-order valence-electron chi connectivity index (χ0n) is 33.4. The van der Waals surface area contributed by atoms with Gasteiger partial charge in [-0.1, -0.05) is 103 Å². The number of rotatable bonds is 18. The molecule has 276 valence electrons. The zero-order chi connectivity index (χ0) is 37.5. The van der Waals surface area contributed by atoms with E-state index in [0.29, 0.717) is 25.0 Å². The third kappa shape index (κ3) is 17.5. The highest BCUT2D eigenvalue weighted by atomic mass is 127. The van der Waals surface area contributed by atoms with Gasteiger partial charge in [-0.3, -0.25) is 0 Å². The molecule has 46 heavy (non-hydrogen) atoms. The fourth-order valence-corrected chi connectivity index (χ4v) is 5.94. The standard InChI is InChI=1S/C17H31IO4.C17H32O5.2CH4/c2*1-12(2)14(20-11-19-6)8-7-13(3)16-15(9-10-18)21-17(4,5)22-16;;/h7-8,12-16H,9-11H2,1-6H3;7-8,12-16,18H,9-11H2,1-6H3;2*1H4/b2*8-7-;;/t2*13?,14-,15+,16-;;/m11../s1/i;;2*1T. The van der Waals surface area contributed by atoms with Crippen LogP contribution in [0.1, 0.15) is 99.6 Å². The Balaban J connectivity index is 0. The number of halogens is 1. The lowest BCUT2D eigenvalue weighted by Gasteiger charge is -2.22. The van der Waals surface area contributed by atoms with E-state index in [4.69, 9.17) is 40.6 Å².